The highest BCUT2D eigenvalue weighted by atomic mass is 35.5. The minimum absolute atomic E-state index is 0.0748. The van der Waals surface area contributed by atoms with Gasteiger partial charge in [-0.2, -0.15) is 0 Å². The van der Waals surface area contributed by atoms with Gasteiger partial charge in [0.2, 0.25) is 11.8 Å². The molecule has 2 fully saturated rings. The van der Waals surface area contributed by atoms with E-state index in [1.165, 1.54) is 18.2 Å². The summed E-state index contributed by atoms with van der Waals surface area (Å²) >= 11 is 5.78. The molecule has 1 aromatic carbocycles. The van der Waals surface area contributed by atoms with Gasteiger partial charge in [-0.1, -0.05) is 25.4 Å². The van der Waals surface area contributed by atoms with Gasteiger partial charge in [0.25, 0.3) is 0 Å². The Morgan fingerprint density at radius 3 is 2.30 bits per heavy atom. The van der Waals surface area contributed by atoms with E-state index in [0.29, 0.717) is 0 Å². The molecule has 3 rings (SSSR count). The fraction of sp³-hybridized carbons (Fsp3) is 0.357. The molecular weight excluding hydrogens is 282 g/mol. The maximum Gasteiger partial charge on any atom is 0.337 e. The van der Waals surface area contributed by atoms with Gasteiger partial charge in [-0.25, -0.2) is 9.69 Å². The monoisotopic (exact) mass is 293 g/mol. The Kier molecular flexibility index (Phi) is 2.51. The van der Waals surface area contributed by atoms with E-state index in [1.54, 1.807) is 0 Å². The van der Waals surface area contributed by atoms with E-state index in [0.717, 1.165) is 4.90 Å². The van der Waals surface area contributed by atoms with Crippen LogP contribution < -0.4 is 4.90 Å². The van der Waals surface area contributed by atoms with Crippen LogP contribution in [0.25, 0.3) is 0 Å². The number of carboxylic acid groups (broad SMARTS) is 1. The molecular formula is C14H12ClNO4. The Labute approximate surface area is 120 Å². The molecule has 1 aliphatic carbocycles. The average molecular weight is 294 g/mol. The number of hydrogen-bond acceptors (Lipinski definition) is 3. The summed E-state index contributed by atoms with van der Waals surface area (Å²) in [6.07, 6.45) is 0. The minimum Gasteiger partial charge on any atom is -0.478 e. The molecule has 0 aromatic heterocycles. The van der Waals surface area contributed by atoms with Crippen LogP contribution in [0.3, 0.4) is 0 Å². The highest BCUT2D eigenvalue weighted by Gasteiger charge is 2.72. The number of benzene rings is 1. The normalized spacial score (nSPS) is 26.6. The summed E-state index contributed by atoms with van der Waals surface area (Å²) in [6, 6.07) is 4.14. The first-order valence-electron chi connectivity index (χ1n) is 6.17. The summed E-state index contributed by atoms with van der Waals surface area (Å²) < 4.78 is 0. The van der Waals surface area contributed by atoms with Crippen molar-refractivity contribution in [2.45, 2.75) is 13.8 Å². The zero-order chi connectivity index (χ0) is 14.8. The summed E-state index contributed by atoms with van der Waals surface area (Å²) in [6.45, 7) is 3.78. The minimum atomic E-state index is -1.19. The third kappa shape index (κ3) is 1.53. The number of imide groups is 1. The molecule has 0 radical (unpaired) electrons. The number of fused-ring (bicyclic) bond motifs is 1. The maximum absolute atomic E-state index is 12.3. The topological polar surface area (TPSA) is 74.7 Å². The van der Waals surface area contributed by atoms with Crippen molar-refractivity contribution in [3.8, 4) is 0 Å². The molecule has 1 aliphatic heterocycles. The second-order valence-electron chi connectivity index (χ2n) is 5.76. The van der Waals surface area contributed by atoms with Gasteiger partial charge in [0, 0.05) is 0 Å². The molecule has 2 unspecified atom stereocenters. The number of rotatable bonds is 2. The first-order valence-corrected chi connectivity index (χ1v) is 6.55. The van der Waals surface area contributed by atoms with E-state index in [4.69, 9.17) is 16.7 Å². The summed E-state index contributed by atoms with van der Waals surface area (Å²) in [5.74, 6) is -2.30. The van der Waals surface area contributed by atoms with Gasteiger partial charge in [-0.3, -0.25) is 9.59 Å². The van der Waals surface area contributed by atoms with Crippen molar-refractivity contribution in [1.29, 1.82) is 0 Å². The number of nitrogens with zero attached hydrogens (tertiary/aromatic N) is 1. The lowest BCUT2D eigenvalue weighted by Gasteiger charge is -2.21. The van der Waals surface area contributed by atoms with Gasteiger partial charge in [0.15, 0.2) is 0 Å². The molecule has 5 nitrogen and oxygen atoms in total. The quantitative estimate of drug-likeness (QED) is 0.848. The second kappa shape index (κ2) is 3.82. The zero-order valence-corrected chi connectivity index (χ0v) is 11.6. The Bertz CT molecular complexity index is 643. The van der Waals surface area contributed by atoms with Crippen LogP contribution in [-0.4, -0.2) is 22.9 Å². The van der Waals surface area contributed by atoms with Gasteiger partial charge < -0.3 is 5.11 Å². The lowest BCUT2D eigenvalue weighted by molar-refractivity contribution is -0.125. The van der Waals surface area contributed by atoms with Crippen LogP contribution in [0.1, 0.15) is 24.2 Å². The Morgan fingerprint density at radius 2 is 1.80 bits per heavy atom. The van der Waals surface area contributed by atoms with Gasteiger partial charge in [0.05, 0.1) is 28.1 Å². The zero-order valence-electron chi connectivity index (χ0n) is 10.9. The lowest BCUT2D eigenvalue weighted by Crippen LogP contribution is -2.36. The van der Waals surface area contributed by atoms with Crippen molar-refractivity contribution in [2.75, 3.05) is 4.90 Å². The SMILES string of the molecule is CC1(C)C2C(=O)N(c3ccc(Cl)c(C(=O)O)c3)C(=O)C21. The van der Waals surface area contributed by atoms with Crippen molar-refractivity contribution in [3.05, 3.63) is 28.8 Å². The Balaban J connectivity index is 2.00. The lowest BCUT2D eigenvalue weighted by atomic mass is 10.0. The largest absolute Gasteiger partial charge is 0.478 e. The Morgan fingerprint density at radius 1 is 1.25 bits per heavy atom. The number of anilines is 1. The summed E-state index contributed by atoms with van der Waals surface area (Å²) in [4.78, 5) is 36.7. The number of piperidine rings is 1. The van der Waals surface area contributed by atoms with Crippen molar-refractivity contribution in [3.63, 3.8) is 0 Å². The fourth-order valence-corrected chi connectivity index (χ4v) is 3.22. The van der Waals surface area contributed by atoms with Gasteiger partial charge in [0.1, 0.15) is 0 Å². The van der Waals surface area contributed by atoms with E-state index in [-0.39, 0.29) is 45.3 Å². The van der Waals surface area contributed by atoms with E-state index in [2.05, 4.69) is 0 Å². The Hall–Kier alpha value is -1.88. The maximum atomic E-state index is 12.3. The predicted molar refractivity (Wildman–Crippen MR) is 71.7 cm³/mol. The number of aromatic carboxylic acids is 1. The highest BCUT2D eigenvalue weighted by molar-refractivity contribution is 6.34. The van der Waals surface area contributed by atoms with Gasteiger partial charge in [-0.15, -0.1) is 0 Å². The van der Waals surface area contributed by atoms with Crippen molar-refractivity contribution in [2.24, 2.45) is 17.3 Å². The second-order valence-corrected chi connectivity index (χ2v) is 6.17. The summed E-state index contributed by atoms with van der Waals surface area (Å²) in [5, 5.41) is 9.11. The summed E-state index contributed by atoms with van der Waals surface area (Å²) in [5.41, 5.74) is -0.137. The average Bonchev–Trinajstić information content (AvgIpc) is 2.81. The number of carbonyl (C=O) groups excluding carboxylic acids is 2. The third-order valence-corrected chi connectivity index (χ3v) is 4.57. The number of hydrogen-bond donors (Lipinski definition) is 1. The number of amides is 2. The molecule has 20 heavy (non-hydrogen) atoms. The molecule has 2 amide bonds. The van der Waals surface area contributed by atoms with Gasteiger partial charge >= 0.3 is 5.97 Å². The van der Waals surface area contributed by atoms with Crippen LogP contribution in [0.4, 0.5) is 5.69 Å². The smallest absolute Gasteiger partial charge is 0.337 e. The third-order valence-electron chi connectivity index (χ3n) is 4.24. The number of halogens is 1. The summed E-state index contributed by atoms with van der Waals surface area (Å²) in [7, 11) is 0. The number of carbonyl (C=O) groups is 3. The molecule has 0 spiro atoms. The fourth-order valence-electron chi connectivity index (χ4n) is 3.02. The van der Waals surface area contributed by atoms with Crippen LogP contribution in [0.2, 0.25) is 5.02 Å². The molecule has 1 aromatic rings. The molecule has 1 heterocycles. The van der Waals surface area contributed by atoms with Crippen LogP contribution in [-0.2, 0) is 9.59 Å². The number of carboxylic acids is 1. The molecule has 2 atom stereocenters. The van der Waals surface area contributed by atoms with E-state index in [1.807, 2.05) is 13.8 Å². The molecule has 0 bridgehead atoms. The van der Waals surface area contributed by atoms with Crippen LogP contribution in [0.15, 0.2) is 18.2 Å². The van der Waals surface area contributed by atoms with Crippen molar-refractivity contribution >= 4 is 35.1 Å². The van der Waals surface area contributed by atoms with E-state index >= 15 is 0 Å². The molecule has 1 N–H and O–H groups in total. The molecule has 1 saturated heterocycles. The van der Waals surface area contributed by atoms with Crippen LogP contribution >= 0.6 is 11.6 Å². The highest BCUT2D eigenvalue weighted by Crippen LogP contribution is 2.63. The molecule has 104 valence electrons. The standard InChI is InChI=1S/C14H12ClNO4/c1-14(2)9-10(14)12(18)16(11(9)17)6-3-4-8(15)7(5-6)13(19)20/h3-5,9-10H,1-2H3,(H,19,20). The molecule has 2 aliphatic rings. The van der Waals surface area contributed by atoms with Crippen molar-refractivity contribution < 1.29 is 19.5 Å². The van der Waals surface area contributed by atoms with E-state index in [9.17, 15) is 14.4 Å². The van der Waals surface area contributed by atoms with Gasteiger partial charge in [-0.05, 0) is 23.6 Å². The first kappa shape index (κ1) is 13.1. The van der Waals surface area contributed by atoms with Crippen LogP contribution in [0, 0.1) is 17.3 Å². The molecule has 1 saturated carbocycles. The van der Waals surface area contributed by atoms with E-state index < -0.39 is 5.97 Å². The van der Waals surface area contributed by atoms with Crippen LogP contribution in [0.5, 0.6) is 0 Å². The first-order chi connectivity index (χ1) is 9.26. The molecule has 6 heteroatoms. The predicted octanol–water partition coefficient (Wildman–Crippen LogP) is 2.18. The van der Waals surface area contributed by atoms with Crippen molar-refractivity contribution in [1.82, 2.24) is 0 Å².